The number of carbonyl (C=O) groups is 1. The van der Waals surface area contributed by atoms with E-state index in [0.717, 1.165) is 12.6 Å². The van der Waals surface area contributed by atoms with Crippen LogP contribution in [0, 0.1) is 30.3 Å². The normalized spacial score (nSPS) is 17.3. The molecule has 2 aromatic rings. The van der Waals surface area contributed by atoms with Crippen LogP contribution in [0.3, 0.4) is 0 Å². The molecule has 0 bridgehead atoms. The summed E-state index contributed by atoms with van der Waals surface area (Å²) in [6, 6.07) is 6.77. The molecule has 0 atom stereocenters. The van der Waals surface area contributed by atoms with Crippen molar-refractivity contribution in [1.29, 1.82) is 0 Å². The third-order valence-corrected chi connectivity index (χ3v) is 6.05. The fourth-order valence-electron chi connectivity index (χ4n) is 4.20. The Morgan fingerprint density at radius 2 is 1.80 bits per heavy atom. The van der Waals surface area contributed by atoms with Crippen molar-refractivity contribution in [3.8, 4) is 0 Å². The van der Waals surface area contributed by atoms with Crippen molar-refractivity contribution < 1.29 is 18.0 Å². The minimum absolute atomic E-state index is 0.0110. The van der Waals surface area contributed by atoms with Gasteiger partial charge in [0.2, 0.25) is 0 Å². The zero-order valence-electron chi connectivity index (χ0n) is 17.0. The number of carbonyl (C=O) groups excluding carboxylic acids is 1. The fourth-order valence-corrected chi connectivity index (χ4v) is 4.20. The third-order valence-electron chi connectivity index (χ3n) is 6.05. The molecule has 1 aliphatic heterocycles. The van der Waals surface area contributed by atoms with Crippen molar-refractivity contribution in [3.63, 3.8) is 0 Å². The van der Waals surface area contributed by atoms with Crippen LogP contribution in [0.2, 0.25) is 0 Å². The largest absolute Gasteiger partial charge is 0.350 e. The maximum atomic E-state index is 14.5. The minimum atomic E-state index is -1.20. The monoisotopic (exact) mass is 417 g/mol. The summed E-state index contributed by atoms with van der Waals surface area (Å²) in [5, 5.41) is 6.07. The van der Waals surface area contributed by atoms with Gasteiger partial charge in [0, 0.05) is 19.1 Å². The molecule has 1 heterocycles. The Morgan fingerprint density at radius 3 is 2.50 bits per heavy atom. The Balaban J connectivity index is 1.46. The molecule has 2 aliphatic rings. The molecule has 4 nitrogen and oxygen atoms in total. The quantitative estimate of drug-likeness (QED) is 0.712. The number of hydrogen-bond donors (Lipinski definition) is 2. The number of amides is 1. The zero-order chi connectivity index (χ0) is 21.3. The molecule has 30 heavy (non-hydrogen) atoms. The van der Waals surface area contributed by atoms with E-state index in [9.17, 15) is 18.0 Å². The van der Waals surface area contributed by atoms with Gasteiger partial charge < -0.3 is 15.5 Å². The highest BCUT2D eigenvalue weighted by Crippen LogP contribution is 2.30. The molecular formula is C23H26F3N3O. The van der Waals surface area contributed by atoms with Crippen molar-refractivity contribution in [2.75, 3.05) is 25.0 Å². The number of aryl methyl sites for hydroxylation is 1. The summed E-state index contributed by atoms with van der Waals surface area (Å²) in [4.78, 5) is 14.5. The van der Waals surface area contributed by atoms with E-state index in [4.69, 9.17) is 0 Å². The van der Waals surface area contributed by atoms with Crippen molar-refractivity contribution in [2.24, 2.45) is 5.92 Å². The van der Waals surface area contributed by atoms with Gasteiger partial charge in [-0.25, -0.2) is 13.2 Å². The fraction of sp³-hybridized carbons (Fsp3) is 0.435. The summed E-state index contributed by atoms with van der Waals surface area (Å²) < 4.78 is 42.6. The van der Waals surface area contributed by atoms with E-state index < -0.39 is 23.4 Å². The van der Waals surface area contributed by atoms with Crippen LogP contribution in [-0.2, 0) is 0 Å². The van der Waals surface area contributed by atoms with Crippen LogP contribution in [0.15, 0.2) is 30.3 Å². The number of anilines is 2. The summed E-state index contributed by atoms with van der Waals surface area (Å²) in [6.45, 7) is 3.72. The van der Waals surface area contributed by atoms with Gasteiger partial charge in [-0.15, -0.1) is 0 Å². The van der Waals surface area contributed by atoms with Gasteiger partial charge in [0.1, 0.15) is 5.82 Å². The first-order valence-electron chi connectivity index (χ1n) is 10.5. The van der Waals surface area contributed by atoms with E-state index in [2.05, 4.69) is 10.6 Å². The van der Waals surface area contributed by atoms with Crippen LogP contribution in [0.5, 0.6) is 0 Å². The molecule has 1 saturated carbocycles. The Kier molecular flexibility index (Phi) is 5.99. The van der Waals surface area contributed by atoms with E-state index in [1.54, 1.807) is 17.9 Å². The maximum absolute atomic E-state index is 14.5. The summed E-state index contributed by atoms with van der Waals surface area (Å²) in [6.07, 6.45) is 5.08. The molecule has 1 amide bonds. The van der Waals surface area contributed by atoms with Crippen LogP contribution in [0.25, 0.3) is 0 Å². The number of rotatable bonds is 6. The summed E-state index contributed by atoms with van der Waals surface area (Å²) in [7, 11) is 0. The van der Waals surface area contributed by atoms with E-state index in [1.807, 2.05) is 0 Å². The van der Waals surface area contributed by atoms with Crippen molar-refractivity contribution in [2.45, 2.75) is 38.6 Å². The molecule has 0 aromatic heterocycles. The first-order valence-corrected chi connectivity index (χ1v) is 10.5. The lowest BCUT2D eigenvalue weighted by Crippen LogP contribution is -2.60. The van der Waals surface area contributed by atoms with Crippen LogP contribution in [-0.4, -0.2) is 36.5 Å². The van der Waals surface area contributed by atoms with E-state index in [1.165, 1.54) is 43.9 Å². The number of benzene rings is 2. The van der Waals surface area contributed by atoms with Crippen LogP contribution in [0.1, 0.15) is 41.6 Å². The second-order valence-electron chi connectivity index (χ2n) is 8.36. The lowest BCUT2D eigenvalue weighted by Gasteiger charge is -2.40. The number of nitrogens with one attached hydrogen (secondary N) is 2. The lowest BCUT2D eigenvalue weighted by molar-refractivity contribution is 0.0563. The molecule has 0 spiro atoms. The molecule has 0 unspecified atom stereocenters. The molecule has 0 radical (unpaired) electrons. The highest BCUT2D eigenvalue weighted by molar-refractivity contribution is 6.01. The lowest BCUT2D eigenvalue weighted by atomic mass is 10.0. The molecule has 160 valence electrons. The number of likely N-dealkylation sites (tertiary alicyclic amines) is 1. The SMILES string of the molecule is Cc1ccc(Nc2c(C(=O)N3CC(NCC4CCCC4)C3)ccc(F)c2F)c(F)c1. The third kappa shape index (κ3) is 4.31. The van der Waals surface area contributed by atoms with Crippen LogP contribution < -0.4 is 10.6 Å². The highest BCUT2D eigenvalue weighted by atomic mass is 19.2. The summed E-state index contributed by atoms with van der Waals surface area (Å²) in [5.41, 5.74) is 0.331. The van der Waals surface area contributed by atoms with E-state index in [0.29, 0.717) is 24.6 Å². The van der Waals surface area contributed by atoms with Crippen LogP contribution >= 0.6 is 0 Å². The van der Waals surface area contributed by atoms with Gasteiger partial charge >= 0.3 is 0 Å². The Morgan fingerprint density at radius 1 is 1.07 bits per heavy atom. The maximum Gasteiger partial charge on any atom is 0.256 e. The topological polar surface area (TPSA) is 44.4 Å². The Hall–Kier alpha value is -2.54. The molecule has 7 heteroatoms. The minimum Gasteiger partial charge on any atom is -0.350 e. The molecule has 2 N–H and O–H groups in total. The molecular weight excluding hydrogens is 391 g/mol. The number of hydrogen-bond acceptors (Lipinski definition) is 3. The van der Waals surface area contributed by atoms with Gasteiger partial charge in [0.25, 0.3) is 5.91 Å². The Labute approximate surface area is 174 Å². The summed E-state index contributed by atoms with van der Waals surface area (Å²) >= 11 is 0. The van der Waals surface area contributed by atoms with Crippen molar-refractivity contribution >= 4 is 17.3 Å². The molecule has 2 aromatic carbocycles. The average molecular weight is 417 g/mol. The smallest absolute Gasteiger partial charge is 0.256 e. The average Bonchev–Trinajstić information content (AvgIpc) is 3.19. The molecule has 2 fully saturated rings. The predicted molar refractivity (Wildman–Crippen MR) is 110 cm³/mol. The van der Waals surface area contributed by atoms with Gasteiger partial charge in [-0.2, -0.15) is 0 Å². The second kappa shape index (κ2) is 8.68. The number of halogens is 3. The second-order valence-corrected chi connectivity index (χ2v) is 8.36. The molecule has 1 saturated heterocycles. The molecule has 1 aliphatic carbocycles. The van der Waals surface area contributed by atoms with Gasteiger partial charge in [-0.1, -0.05) is 18.9 Å². The standard InChI is InChI=1S/C23H26F3N3O/c1-14-6-9-20(19(25)10-14)28-22-17(7-8-18(24)21(22)26)23(30)29-12-16(13-29)27-11-15-4-2-3-5-15/h6-10,15-16,27-28H,2-5,11-13H2,1H3. The van der Waals surface area contributed by atoms with Crippen molar-refractivity contribution in [3.05, 3.63) is 58.9 Å². The number of nitrogens with zero attached hydrogens (tertiary/aromatic N) is 1. The van der Waals surface area contributed by atoms with Gasteiger partial charge in [-0.3, -0.25) is 4.79 Å². The Bertz CT molecular complexity index is 938. The first kappa shape index (κ1) is 20.7. The van der Waals surface area contributed by atoms with Gasteiger partial charge in [0.15, 0.2) is 11.6 Å². The van der Waals surface area contributed by atoms with Gasteiger partial charge in [-0.05, 0) is 62.1 Å². The molecule has 4 rings (SSSR count). The highest BCUT2D eigenvalue weighted by Gasteiger charge is 2.33. The van der Waals surface area contributed by atoms with E-state index >= 15 is 0 Å². The van der Waals surface area contributed by atoms with E-state index in [-0.39, 0.29) is 23.0 Å². The summed E-state index contributed by atoms with van der Waals surface area (Å²) in [5.74, 6) is -2.58. The van der Waals surface area contributed by atoms with Crippen LogP contribution in [0.4, 0.5) is 24.5 Å². The van der Waals surface area contributed by atoms with Gasteiger partial charge in [0.05, 0.1) is 16.9 Å². The zero-order valence-corrected chi connectivity index (χ0v) is 17.0. The van der Waals surface area contributed by atoms with Crippen molar-refractivity contribution in [1.82, 2.24) is 10.2 Å². The first-order chi connectivity index (χ1) is 14.4. The predicted octanol–water partition coefficient (Wildman–Crippen LogP) is 4.76.